The van der Waals surface area contributed by atoms with E-state index in [0.717, 1.165) is 12.1 Å². The predicted octanol–water partition coefficient (Wildman–Crippen LogP) is 4.85. The lowest BCUT2D eigenvalue weighted by molar-refractivity contribution is -0.137. The van der Waals surface area contributed by atoms with Gasteiger partial charge < -0.3 is 15.5 Å². The van der Waals surface area contributed by atoms with E-state index in [-0.39, 0.29) is 11.5 Å². The van der Waals surface area contributed by atoms with Crippen molar-refractivity contribution < 1.29 is 23.4 Å². The lowest BCUT2D eigenvalue weighted by atomic mass is 10.1. The number of hydrogen-bond donors (Lipinski definition) is 3. The van der Waals surface area contributed by atoms with Gasteiger partial charge in [0, 0.05) is 17.5 Å². The number of benzene rings is 2. The predicted molar refractivity (Wildman–Crippen MR) is 89.7 cm³/mol. The summed E-state index contributed by atoms with van der Waals surface area (Å²) >= 11 is 1.33. The number of nitrogens with one attached hydrogen (secondary N) is 1. The molecule has 0 atom stereocenters. The molecule has 0 saturated carbocycles. The molecule has 1 heterocycles. The molecule has 0 bridgehead atoms. The van der Waals surface area contributed by atoms with Crippen LogP contribution >= 0.6 is 11.3 Å². The van der Waals surface area contributed by atoms with Crippen molar-refractivity contribution in [3.63, 3.8) is 0 Å². The van der Waals surface area contributed by atoms with Gasteiger partial charge in [-0.3, -0.25) is 0 Å². The van der Waals surface area contributed by atoms with Crippen LogP contribution in [-0.2, 0) is 12.7 Å². The zero-order chi connectivity index (χ0) is 18.0. The smallest absolute Gasteiger partial charge is 0.416 e. The molecule has 0 fully saturated rings. The molecule has 1 aromatic heterocycles. The molecule has 25 heavy (non-hydrogen) atoms. The molecule has 0 unspecified atom stereocenters. The lowest BCUT2D eigenvalue weighted by Gasteiger charge is -2.08. The highest BCUT2D eigenvalue weighted by Crippen LogP contribution is 2.32. The van der Waals surface area contributed by atoms with Gasteiger partial charge in [-0.25, -0.2) is 4.98 Å². The minimum Gasteiger partial charge on any atom is -0.504 e. The SMILES string of the molecule is Oc1ccc(-c2csc(NCc3ccc(C(F)(F)F)cc3)n2)cc1O. The Morgan fingerprint density at radius 2 is 1.72 bits per heavy atom. The molecule has 130 valence electrons. The van der Waals surface area contributed by atoms with Gasteiger partial charge in [0.1, 0.15) is 0 Å². The first-order valence-electron chi connectivity index (χ1n) is 7.21. The van der Waals surface area contributed by atoms with Gasteiger partial charge in [0.2, 0.25) is 0 Å². The van der Waals surface area contributed by atoms with E-state index in [1.807, 2.05) is 0 Å². The number of phenols is 2. The van der Waals surface area contributed by atoms with Gasteiger partial charge in [-0.1, -0.05) is 12.1 Å². The van der Waals surface area contributed by atoms with Crippen LogP contribution in [0.1, 0.15) is 11.1 Å². The first-order chi connectivity index (χ1) is 11.8. The fourth-order valence-electron chi connectivity index (χ4n) is 2.16. The van der Waals surface area contributed by atoms with Crippen LogP contribution in [0.25, 0.3) is 11.3 Å². The first-order valence-corrected chi connectivity index (χ1v) is 8.09. The molecular formula is C17H13F3N2O2S. The third-order valence-electron chi connectivity index (χ3n) is 3.50. The maximum atomic E-state index is 12.5. The second-order valence-corrected chi connectivity index (χ2v) is 6.15. The van der Waals surface area contributed by atoms with Crippen LogP contribution in [-0.4, -0.2) is 15.2 Å². The molecule has 0 amide bonds. The van der Waals surface area contributed by atoms with E-state index < -0.39 is 11.7 Å². The van der Waals surface area contributed by atoms with Gasteiger partial charge in [0.05, 0.1) is 11.3 Å². The number of anilines is 1. The molecule has 4 nitrogen and oxygen atoms in total. The second kappa shape index (κ2) is 6.64. The van der Waals surface area contributed by atoms with Crippen LogP contribution in [0.2, 0.25) is 0 Å². The van der Waals surface area contributed by atoms with Crippen LogP contribution in [0, 0.1) is 0 Å². The maximum absolute atomic E-state index is 12.5. The molecule has 0 aliphatic heterocycles. The van der Waals surface area contributed by atoms with Crippen molar-refractivity contribution in [1.29, 1.82) is 0 Å². The Balaban J connectivity index is 1.66. The number of halogens is 3. The molecule has 0 spiro atoms. The quantitative estimate of drug-likeness (QED) is 0.578. The summed E-state index contributed by atoms with van der Waals surface area (Å²) in [6, 6.07) is 9.34. The minimum atomic E-state index is -4.34. The summed E-state index contributed by atoms with van der Waals surface area (Å²) in [6.07, 6.45) is -4.34. The second-order valence-electron chi connectivity index (χ2n) is 5.29. The summed E-state index contributed by atoms with van der Waals surface area (Å²) in [5.74, 6) is -0.440. The molecule has 2 aromatic carbocycles. The fraction of sp³-hybridized carbons (Fsp3) is 0.118. The van der Waals surface area contributed by atoms with E-state index in [2.05, 4.69) is 10.3 Å². The Labute approximate surface area is 145 Å². The summed E-state index contributed by atoms with van der Waals surface area (Å²) in [7, 11) is 0. The third-order valence-corrected chi connectivity index (χ3v) is 4.30. The highest BCUT2D eigenvalue weighted by molar-refractivity contribution is 7.14. The van der Waals surface area contributed by atoms with Crippen LogP contribution in [0.3, 0.4) is 0 Å². The van der Waals surface area contributed by atoms with Gasteiger partial charge in [-0.2, -0.15) is 13.2 Å². The van der Waals surface area contributed by atoms with E-state index in [1.54, 1.807) is 11.4 Å². The number of hydrogen-bond acceptors (Lipinski definition) is 5. The van der Waals surface area contributed by atoms with Gasteiger partial charge in [0.25, 0.3) is 0 Å². The molecule has 3 N–H and O–H groups in total. The van der Waals surface area contributed by atoms with Crippen molar-refractivity contribution >= 4 is 16.5 Å². The summed E-state index contributed by atoms with van der Waals surface area (Å²) in [5, 5.41) is 24.3. The Morgan fingerprint density at radius 1 is 1.00 bits per heavy atom. The fourth-order valence-corrected chi connectivity index (χ4v) is 2.88. The Kier molecular flexibility index (Phi) is 4.54. The molecule has 0 aliphatic rings. The summed E-state index contributed by atoms with van der Waals surface area (Å²) in [5.41, 5.74) is 1.29. The monoisotopic (exact) mass is 366 g/mol. The van der Waals surface area contributed by atoms with Crippen molar-refractivity contribution in [1.82, 2.24) is 4.98 Å². The number of alkyl halides is 3. The Bertz CT molecular complexity index is 876. The Hall–Kier alpha value is -2.74. The van der Waals surface area contributed by atoms with Crippen molar-refractivity contribution in [3.8, 4) is 22.8 Å². The van der Waals surface area contributed by atoms with E-state index in [1.165, 1.54) is 35.6 Å². The van der Waals surface area contributed by atoms with Crippen LogP contribution < -0.4 is 5.32 Å². The van der Waals surface area contributed by atoms with Gasteiger partial charge in [0.15, 0.2) is 16.6 Å². The summed E-state index contributed by atoms with van der Waals surface area (Å²) in [6.45, 7) is 0.339. The Morgan fingerprint density at radius 3 is 2.36 bits per heavy atom. The molecule has 3 aromatic rings. The van der Waals surface area contributed by atoms with Crippen molar-refractivity contribution in [2.45, 2.75) is 12.7 Å². The number of aromatic nitrogens is 1. The van der Waals surface area contributed by atoms with Crippen LogP contribution in [0.5, 0.6) is 11.5 Å². The highest BCUT2D eigenvalue weighted by atomic mass is 32.1. The van der Waals surface area contributed by atoms with Crippen molar-refractivity contribution in [2.24, 2.45) is 0 Å². The average molecular weight is 366 g/mol. The topological polar surface area (TPSA) is 65.4 Å². The molecule has 3 rings (SSSR count). The summed E-state index contributed by atoms with van der Waals surface area (Å²) in [4.78, 5) is 4.36. The zero-order valence-electron chi connectivity index (χ0n) is 12.7. The number of aromatic hydroxyl groups is 2. The van der Waals surface area contributed by atoms with E-state index in [4.69, 9.17) is 0 Å². The molecular weight excluding hydrogens is 353 g/mol. The molecule has 0 aliphatic carbocycles. The van der Waals surface area contributed by atoms with E-state index >= 15 is 0 Å². The maximum Gasteiger partial charge on any atom is 0.416 e. The molecule has 0 radical (unpaired) electrons. The van der Waals surface area contributed by atoms with E-state index in [0.29, 0.717) is 28.5 Å². The highest BCUT2D eigenvalue weighted by Gasteiger charge is 2.29. The normalized spacial score (nSPS) is 11.5. The zero-order valence-corrected chi connectivity index (χ0v) is 13.5. The number of nitrogens with zero attached hydrogens (tertiary/aromatic N) is 1. The number of phenolic OH excluding ortho intramolecular Hbond substituents is 2. The third kappa shape index (κ3) is 4.03. The number of rotatable bonds is 4. The first kappa shape index (κ1) is 17.1. The van der Waals surface area contributed by atoms with Crippen molar-refractivity contribution in [3.05, 3.63) is 59.0 Å². The molecule has 8 heteroatoms. The minimum absolute atomic E-state index is 0.209. The lowest BCUT2D eigenvalue weighted by Crippen LogP contribution is -2.05. The van der Waals surface area contributed by atoms with E-state index in [9.17, 15) is 23.4 Å². The molecule has 0 saturated heterocycles. The van der Waals surface area contributed by atoms with Crippen molar-refractivity contribution in [2.75, 3.05) is 5.32 Å². The summed E-state index contributed by atoms with van der Waals surface area (Å²) < 4.78 is 37.6. The van der Waals surface area contributed by atoms with Gasteiger partial charge in [-0.15, -0.1) is 11.3 Å². The van der Waals surface area contributed by atoms with Crippen LogP contribution in [0.4, 0.5) is 18.3 Å². The van der Waals surface area contributed by atoms with Gasteiger partial charge >= 0.3 is 6.18 Å². The number of thiazole rings is 1. The largest absolute Gasteiger partial charge is 0.504 e. The standard InChI is InChI=1S/C17H13F3N2O2S/c18-17(19,20)12-4-1-10(2-5-12)8-21-16-22-13(9-25-16)11-3-6-14(23)15(24)7-11/h1-7,9,23-24H,8H2,(H,21,22). The van der Waals surface area contributed by atoms with Crippen LogP contribution in [0.15, 0.2) is 47.8 Å². The van der Waals surface area contributed by atoms with Gasteiger partial charge in [-0.05, 0) is 35.9 Å². The average Bonchev–Trinajstić information content (AvgIpc) is 3.04.